The van der Waals surface area contributed by atoms with E-state index in [2.05, 4.69) is 5.32 Å². The fourth-order valence-corrected chi connectivity index (χ4v) is 1.22. The average molecular weight is 242 g/mol. The molecule has 0 aliphatic rings. The molecular formula is C11H12ClNO3. The predicted molar refractivity (Wildman–Crippen MR) is 60.6 cm³/mol. The number of nitrogens with one attached hydrogen (secondary N) is 1. The van der Waals surface area contributed by atoms with Crippen LogP contribution >= 0.6 is 11.6 Å². The highest BCUT2D eigenvalue weighted by atomic mass is 35.5. The van der Waals surface area contributed by atoms with Gasteiger partial charge in [0.2, 0.25) is 5.91 Å². The first kappa shape index (κ1) is 12.5. The van der Waals surface area contributed by atoms with Crippen molar-refractivity contribution in [3.05, 3.63) is 35.4 Å². The summed E-state index contributed by atoms with van der Waals surface area (Å²) in [5.41, 5.74) is 0.927. The molecule has 0 radical (unpaired) electrons. The second-order valence-corrected chi connectivity index (χ2v) is 3.99. The molecule has 0 aliphatic carbocycles. The van der Waals surface area contributed by atoms with Crippen LogP contribution in [0.15, 0.2) is 24.3 Å². The molecule has 86 valence electrons. The van der Waals surface area contributed by atoms with E-state index in [1.54, 1.807) is 19.1 Å². The summed E-state index contributed by atoms with van der Waals surface area (Å²) in [5.74, 6) is -1.26. The minimum absolute atomic E-state index is 0.200. The van der Waals surface area contributed by atoms with Crippen molar-refractivity contribution in [1.82, 2.24) is 5.32 Å². The normalized spacial score (nSPS) is 11.9. The number of halogens is 1. The van der Waals surface area contributed by atoms with Crippen LogP contribution in [0.5, 0.6) is 0 Å². The molecule has 0 heterocycles. The van der Waals surface area contributed by atoms with Gasteiger partial charge in [-0.25, -0.2) is 4.79 Å². The van der Waals surface area contributed by atoms with E-state index in [1.807, 2.05) is 0 Å². The summed E-state index contributed by atoms with van der Waals surface area (Å²) in [7, 11) is 0. The molecule has 1 aromatic carbocycles. The van der Waals surface area contributed by atoms with Crippen molar-refractivity contribution >= 4 is 23.5 Å². The van der Waals surface area contributed by atoms with Crippen molar-refractivity contribution in [2.24, 2.45) is 0 Å². The molecule has 1 atom stereocenters. The Bertz CT molecular complexity index is 404. The van der Waals surface area contributed by atoms with Crippen molar-refractivity contribution in [3.8, 4) is 0 Å². The van der Waals surface area contributed by atoms with Crippen molar-refractivity contribution in [1.29, 1.82) is 0 Å². The number of hydrogen-bond acceptors (Lipinski definition) is 2. The van der Waals surface area contributed by atoms with Gasteiger partial charge in [0.25, 0.3) is 0 Å². The third-order valence-electron chi connectivity index (χ3n) is 2.00. The zero-order valence-corrected chi connectivity index (χ0v) is 9.49. The van der Waals surface area contributed by atoms with E-state index in [0.717, 1.165) is 5.56 Å². The van der Waals surface area contributed by atoms with Crippen LogP contribution in [0.2, 0.25) is 0 Å². The molecule has 0 saturated carbocycles. The Balaban J connectivity index is 2.64. The fraction of sp³-hybridized carbons (Fsp3) is 0.273. The minimum Gasteiger partial charge on any atom is -0.478 e. The van der Waals surface area contributed by atoms with Gasteiger partial charge in [-0.3, -0.25) is 4.79 Å². The molecule has 1 amide bonds. The highest BCUT2D eigenvalue weighted by Crippen LogP contribution is 2.05. The van der Waals surface area contributed by atoms with Crippen LogP contribution < -0.4 is 5.32 Å². The third-order valence-corrected chi connectivity index (χ3v) is 2.20. The number of hydrogen-bond donors (Lipinski definition) is 2. The SMILES string of the molecule is CC(Cl)C(=O)NCc1cccc(C(=O)O)c1. The molecule has 4 nitrogen and oxygen atoms in total. The van der Waals surface area contributed by atoms with Gasteiger partial charge in [-0.05, 0) is 24.6 Å². The maximum atomic E-state index is 11.2. The maximum absolute atomic E-state index is 11.2. The lowest BCUT2D eigenvalue weighted by molar-refractivity contribution is -0.120. The zero-order chi connectivity index (χ0) is 12.1. The lowest BCUT2D eigenvalue weighted by Crippen LogP contribution is -2.29. The highest BCUT2D eigenvalue weighted by molar-refractivity contribution is 6.30. The van der Waals surface area contributed by atoms with Gasteiger partial charge in [0.05, 0.1) is 5.56 Å². The van der Waals surface area contributed by atoms with Crippen LogP contribution in [0.1, 0.15) is 22.8 Å². The van der Waals surface area contributed by atoms with Crippen molar-refractivity contribution in [2.75, 3.05) is 0 Å². The first-order chi connectivity index (χ1) is 7.50. The Labute approximate surface area is 98.2 Å². The van der Waals surface area contributed by atoms with Crippen LogP contribution in [0.4, 0.5) is 0 Å². The molecular weight excluding hydrogens is 230 g/mol. The molecule has 1 aromatic rings. The van der Waals surface area contributed by atoms with Gasteiger partial charge >= 0.3 is 5.97 Å². The van der Waals surface area contributed by atoms with Crippen LogP contribution in [0.25, 0.3) is 0 Å². The highest BCUT2D eigenvalue weighted by Gasteiger charge is 2.08. The molecule has 5 heteroatoms. The molecule has 0 fully saturated rings. The summed E-state index contributed by atoms with van der Waals surface area (Å²) in [4.78, 5) is 21.9. The summed E-state index contributed by atoms with van der Waals surface area (Å²) in [6, 6.07) is 6.39. The Morgan fingerprint density at radius 1 is 1.50 bits per heavy atom. The van der Waals surface area contributed by atoms with Gasteiger partial charge in [-0.15, -0.1) is 11.6 Å². The number of amides is 1. The fourth-order valence-electron chi connectivity index (χ4n) is 1.14. The first-order valence-corrected chi connectivity index (χ1v) is 5.18. The van der Waals surface area contributed by atoms with Gasteiger partial charge in [-0.1, -0.05) is 12.1 Å². The second-order valence-electron chi connectivity index (χ2n) is 3.34. The van der Waals surface area contributed by atoms with E-state index in [-0.39, 0.29) is 18.0 Å². The van der Waals surface area contributed by atoms with Gasteiger partial charge < -0.3 is 10.4 Å². The Kier molecular flexibility index (Phi) is 4.31. The van der Waals surface area contributed by atoms with E-state index >= 15 is 0 Å². The standard InChI is InChI=1S/C11H12ClNO3/c1-7(12)10(14)13-6-8-3-2-4-9(5-8)11(15)16/h2-5,7H,6H2,1H3,(H,13,14)(H,15,16). The topological polar surface area (TPSA) is 66.4 Å². The maximum Gasteiger partial charge on any atom is 0.335 e. The summed E-state index contributed by atoms with van der Waals surface area (Å²) in [6.07, 6.45) is 0. The number of carbonyl (C=O) groups excluding carboxylic acids is 1. The number of carboxylic acids is 1. The Morgan fingerprint density at radius 2 is 2.19 bits per heavy atom. The van der Waals surface area contributed by atoms with E-state index in [0.29, 0.717) is 0 Å². The van der Waals surface area contributed by atoms with Crippen LogP contribution in [-0.2, 0) is 11.3 Å². The van der Waals surface area contributed by atoms with Crippen molar-refractivity contribution < 1.29 is 14.7 Å². The molecule has 0 aliphatic heterocycles. The molecule has 0 aromatic heterocycles. The Morgan fingerprint density at radius 3 is 2.75 bits per heavy atom. The lowest BCUT2D eigenvalue weighted by atomic mass is 10.1. The molecule has 1 unspecified atom stereocenters. The van der Waals surface area contributed by atoms with E-state index in [1.165, 1.54) is 12.1 Å². The van der Waals surface area contributed by atoms with Crippen molar-refractivity contribution in [2.45, 2.75) is 18.8 Å². The quantitative estimate of drug-likeness (QED) is 0.788. The summed E-state index contributed by atoms with van der Waals surface area (Å²) >= 11 is 5.57. The van der Waals surface area contributed by atoms with Gasteiger partial charge in [-0.2, -0.15) is 0 Å². The second kappa shape index (κ2) is 5.51. The summed E-state index contributed by atoms with van der Waals surface area (Å²) in [5, 5.41) is 10.8. The van der Waals surface area contributed by atoms with E-state index in [4.69, 9.17) is 16.7 Å². The molecule has 1 rings (SSSR count). The zero-order valence-electron chi connectivity index (χ0n) is 8.74. The summed E-state index contributed by atoms with van der Waals surface area (Å²) in [6.45, 7) is 1.85. The lowest BCUT2D eigenvalue weighted by Gasteiger charge is -2.06. The number of rotatable bonds is 4. The number of benzene rings is 1. The number of carbonyl (C=O) groups is 2. The largest absolute Gasteiger partial charge is 0.478 e. The van der Waals surface area contributed by atoms with E-state index in [9.17, 15) is 9.59 Å². The summed E-state index contributed by atoms with van der Waals surface area (Å²) < 4.78 is 0. The minimum atomic E-state index is -0.987. The number of carboxylic acid groups (broad SMARTS) is 1. The third kappa shape index (κ3) is 3.55. The van der Waals surface area contributed by atoms with Crippen LogP contribution in [0.3, 0.4) is 0 Å². The Hall–Kier alpha value is -1.55. The monoisotopic (exact) mass is 241 g/mol. The van der Waals surface area contributed by atoms with E-state index < -0.39 is 11.3 Å². The number of aromatic carboxylic acids is 1. The van der Waals surface area contributed by atoms with Crippen LogP contribution in [-0.4, -0.2) is 22.4 Å². The first-order valence-electron chi connectivity index (χ1n) is 4.74. The molecule has 0 saturated heterocycles. The molecule has 16 heavy (non-hydrogen) atoms. The van der Waals surface area contributed by atoms with Gasteiger partial charge in [0.1, 0.15) is 5.38 Å². The van der Waals surface area contributed by atoms with Crippen molar-refractivity contribution in [3.63, 3.8) is 0 Å². The molecule has 0 bridgehead atoms. The van der Waals surface area contributed by atoms with Gasteiger partial charge in [0, 0.05) is 6.54 Å². The molecule has 0 spiro atoms. The average Bonchev–Trinajstić information content (AvgIpc) is 2.26. The van der Waals surface area contributed by atoms with Gasteiger partial charge in [0.15, 0.2) is 0 Å². The smallest absolute Gasteiger partial charge is 0.335 e. The molecule has 2 N–H and O–H groups in total. The number of alkyl halides is 1. The van der Waals surface area contributed by atoms with Crippen LogP contribution in [0, 0.1) is 0 Å². The predicted octanol–water partition coefficient (Wildman–Crippen LogP) is 1.63.